The molecule has 1 aliphatic rings. The number of nitrogens with zero attached hydrogens (tertiary/aromatic N) is 3. The van der Waals surface area contributed by atoms with E-state index in [1.54, 1.807) is 0 Å². The molecule has 0 atom stereocenters. The number of halogens is 2. The van der Waals surface area contributed by atoms with Crippen LogP contribution in [0.5, 0.6) is 0 Å². The summed E-state index contributed by atoms with van der Waals surface area (Å²) in [5, 5.41) is 0. The summed E-state index contributed by atoms with van der Waals surface area (Å²) in [5.74, 6) is 0.0535. The molecular weight excluding hydrogens is 261 g/mol. The van der Waals surface area contributed by atoms with Gasteiger partial charge in [-0.05, 0) is 35.7 Å². The van der Waals surface area contributed by atoms with Gasteiger partial charge in [0.2, 0.25) is 5.95 Å². The Balaban J connectivity index is 2.34. The van der Waals surface area contributed by atoms with Gasteiger partial charge in [0.25, 0.3) is 0 Å². The van der Waals surface area contributed by atoms with Gasteiger partial charge in [-0.1, -0.05) is 0 Å². The zero-order valence-corrected chi connectivity index (χ0v) is 9.75. The van der Waals surface area contributed by atoms with E-state index in [-0.39, 0.29) is 5.95 Å². The van der Waals surface area contributed by atoms with Crippen molar-refractivity contribution < 1.29 is 4.39 Å². The molecular formula is C10H9BrFN3. The second-order valence-electron chi connectivity index (χ2n) is 3.90. The number of aryl methyl sites for hydroxylation is 1. The van der Waals surface area contributed by atoms with E-state index in [9.17, 15) is 4.39 Å². The average Bonchev–Trinajstić information content (AvgIpc) is 2.99. The van der Waals surface area contributed by atoms with E-state index in [4.69, 9.17) is 0 Å². The van der Waals surface area contributed by atoms with Crippen molar-refractivity contribution in [2.45, 2.75) is 25.7 Å². The molecule has 3 rings (SSSR count). The van der Waals surface area contributed by atoms with Crippen LogP contribution >= 0.6 is 15.9 Å². The minimum atomic E-state index is -0.263. The van der Waals surface area contributed by atoms with E-state index in [0.717, 1.165) is 23.0 Å². The summed E-state index contributed by atoms with van der Waals surface area (Å²) in [6.07, 6.45) is 3.58. The van der Waals surface area contributed by atoms with Crippen LogP contribution in [0, 0.1) is 12.9 Å². The average molecular weight is 270 g/mol. The Morgan fingerprint density at radius 1 is 1.53 bits per heavy atom. The third-order valence-electron chi connectivity index (χ3n) is 2.72. The van der Waals surface area contributed by atoms with Gasteiger partial charge in [-0.15, -0.1) is 0 Å². The van der Waals surface area contributed by atoms with Gasteiger partial charge >= 0.3 is 0 Å². The van der Waals surface area contributed by atoms with Crippen molar-refractivity contribution in [1.82, 2.24) is 14.4 Å². The Hall–Kier alpha value is -0.970. The summed E-state index contributed by atoms with van der Waals surface area (Å²) in [6.45, 7) is 1.87. The topological polar surface area (TPSA) is 30.2 Å². The van der Waals surface area contributed by atoms with Crippen LogP contribution in [-0.4, -0.2) is 14.4 Å². The Morgan fingerprint density at radius 3 is 2.93 bits per heavy atom. The highest BCUT2D eigenvalue weighted by atomic mass is 79.9. The molecule has 0 bridgehead atoms. The molecule has 5 heteroatoms. The minimum Gasteiger partial charge on any atom is -0.258 e. The molecule has 0 aliphatic heterocycles. The van der Waals surface area contributed by atoms with Crippen molar-refractivity contribution in [3.63, 3.8) is 0 Å². The molecule has 0 spiro atoms. The molecule has 0 saturated heterocycles. The fourth-order valence-electron chi connectivity index (χ4n) is 1.67. The molecule has 0 aromatic carbocycles. The quantitative estimate of drug-likeness (QED) is 0.797. The predicted octanol–water partition coefficient (Wildman–Crippen LogP) is 2.82. The smallest absolute Gasteiger partial charge is 0.222 e. The standard InChI is InChI=1S/C10H9BrFN3/c1-5-7(11)10-14-8(6-2-3-6)9(12)15(10)4-13-5/h4,6H,2-3H2,1H3. The van der Waals surface area contributed by atoms with Crippen LogP contribution in [0.4, 0.5) is 4.39 Å². The van der Waals surface area contributed by atoms with Gasteiger partial charge in [-0.3, -0.25) is 4.40 Å². The van der Waals surface area contributed by atoms with Crippen LogP contribution in [0.3, 0.4) is 0 Å². The van der Waals surface area contributed by atoms with E-state index in [0.29, 0.717) is 17.3 Å². The first-order valence-corrected chi connectivity index (χ1v) is 5.66. The normalized spacial score (nSPS) is 16.2. The first-order chi connectivity index (χ1) is 7.18. The maximum atomic E-state index is 13.9. The number of hydrogen-bond donors (Lipinski definition) is 0. The molecule has 1 fully saturated rings. The lowest BCUT2D eigenvalue weighted by Gasteiger charge is -1.98. The van der Waals surface area contributed by atoms with Gasteiger partial charge in [0.1, 0.15) is 6.33 Å². The van der Waals surface area contributed by atoms with Gasteiger partial charge < -0.3 is 0 Å². The number of aromatic nitrogens is 3. The molecule has 1 aliphatic carbocycles. The summed E-state index contributed by atoms with van der Waals surface area (Å²) in [7, 11) is 0. The van der Waals surface area contributed by atoms with Crippen molar-refractivity contribution in [2.75, 3.05) is 0 Å². The largest absolute Gasteiger partial charge is 0.258 e. The first kappa shape index (κ1) is 9.27. The molecule has 0 amide bonds. The lowest BCUT2D eigenvalue weighted by Crippen LogP contribution is -1.94. The Kier molecular flexibility index (Phi) is 1.86. The van der Waals surface area contributed by atoms with Crippen molar-refractivity contribution in [3.05, 3.63) is 28.1 Å². The first-order valence-electron chi connectivity index (χ1n) is 4.87. The van der Waals surface area contributed by atoms with Crippen LogP contribution in [-0.2, 0) is 0 Å². The van der Waals surface area contributed by atoms with E-state index >= 15 is 0 Å². The summed E-state index contributed by atoms with van der Waals surface area (Å²) < 4.78 is 16.1. The molecule has 3 nitrogen and oxygen atoms in total. The fraction of sp³-hybridized carbons (Fsp3) is 0.400. The molecule has 1 saturated carbocycles. The van der Waals surface area contributed by atoms with E-state index in [1.807, 2.05) is 6.92 Å². The number of imidazole rings is 1. The van der Waals surface area contributed by atoms with Gasteiger partial charge in [0.15, 0.2) is 5.65 Å². The van der Waals surface area contributed by atoms with Crippen molar-refractivity contribution >= 4 is 21.6 Å². The van der Waals surface area contributed by atoms with Gasteiger partial charge in [-0.25, -0.2) is 9.97 Å². The maximum Gasteiger partial charge on any atom is 0.222 e. The van der Waals surface area contributed by atoms with Crippen molar-refractivity contribution in [1.29, 1.82) is 0 Å². The summed E-state index contributed by atoms with van der Waals surface area (Å²) in [4.78, 5) is 8.43. The molecule has 0 radical (unpaired) electrons. The van der Waals surface area contributed by atoms with Crippen LogP contribution in [0.2, 0.25) is 0 Å². The minimum absolute atomic E-state index is 0.263. The maximum absolute atomic E-state index is 13.9. The van der Waals surface area contributed by atoms with E-state index < -0.39 is 0 Å². The molecule has 2 aromatic rings. The molecule has 0 N–H and O–H groups in total. The van der Waals surface area contributed by atoms with Gasteiger partial charge in [-0.2, -0.15) is 4.39 Å². The third kappa shape index (κ3) is 1.29. The summed E-state index contributed by atoms with van der Waals surface area (Å²) in [6, 6.07) is 0. The molecule has 78 valence electrons. The zero-order valence-electron chi connectivity index (χ0n) is 8.17. The van der Waals surface area contributed by atoms with E-state index in [2.05, 4.69) is 25.9 Å². The lowest BCUT2D eigenvalue weighted by molar-refractivity contribution is 0.554. The van der Waals surface area contributed by atoms with Crippen LogP contribution in [0.1, 0.15) is 30.1 Å². The molecule has 15 heavy (non-hydrogen) atoms. The highest BCUT2D eigenvalue weighted by Gasteiger charge is 2.31. The second kappa shape index (κ2) is 3.01. The highest BCUT2D eigenvalue weighted by molar-refractivity contribution is 9.10. The van der Waals surface area contributed by atoms with Crippen LogP contribution < -0.4 is 0 Å². The molecule has 0 unspecified atom stereocenters. The molecule has 2 aromatic heterocycles. The summed E-state index contributed by atoms with van der Waals surface area (Å²) in [5.41, 5.74) is 2.04. The predicted molar refractivity (Wildman–Crippen MR) is 57.4 cm³/mol. The lowest BCUT2D eigenvalue weighted by atomic mass is 10.3. The fourth-order valence-corrected chi connectivity index (χ4v) is 2.05. The Morgan fingerprint density at radius 2 is 2.27 bits per heavy atom. The van der Waals surface area contributed by atoms with E-state index in [1.165, 1.54) is 10.7 Å². The molecule has 2 heterocycles. The van der Waals surface area contributed by atoms with Crippen molar-refractivity contribution in [3.8, 4) is 0 Å². The van der Waals surface area contributed by atoms with Crippen molar-refractivity contribution in [2.24, 2.45) is 0 Å². The zero-order chi connectivity index (χ0) is 10.6. The third-order valence-corrected chi connectivity index (χ3v) is 3.65. The van der Waals surface area contributed by atoms with Crippen LogP contribution in [0.25, 0.3) is 5.65 Å². The highest BCUT2D eigenvalue weighted by Crippen LogP contribution is 2.41. The SMILES string of the molecule is Cc1ncn2c(F)c(C3CC3)nc2c1Br. The van der Waals surface area contributed by atoms with Gasteiger partial charge in [0, 0.05) is 5.92 Å². The Labute approximate surface area is 94.5 Å². The van der Waals surface area contributed by atoms with Gasteiger partial charge in [0.05, 0.1) is 15.9 Å². The summed E-state index contributed by atoms with van der Waals surface area (Å²) >= 11 is 3.39. The number of rotatable bonds is 1. The number of fused-ring (bicyclic) bond motifs is 1. The number of hydrogen-bond acceptors (Lipinski definition) is 2. The second-order valence-corrected chi connectivity index (χ2v) is 4.69. The Bertz CT molecular complexity index is 545. The monoisotopic (exact) mass is 269 g/mol. The van der Waals surface area contributed by atoms with Crippen LogP contribution in [0.15, 0.2) is 10.8 Å².